The molecule has 0 radical (unpaired) electrons. The summed E-state index contributed by atoms with van der Waals surface area (Å²) in [6.07, 6.45) is 3.49. The Morgan fingerprint density at radius 2 is 2.11 bits per heavy atom. The Hall–Kier alpha value is -2.17. The van der Waals surface area contributed by atoms with Gasteiger partial charge in [-0.15, -0.1) is 0 Å². The van der Waals surface area contributed by atoms with Crippen LogP contribution in [0.15, 0.2) is 35.4 Å². The van der Waals surface area contributed by atoms with Crippen LogP contribution in [0.4, 0.5) is 0 Å². The summed E-state index contributed by atoms with van der Waals surface area (Å²) in [5.74, 6) is 0.618. The molecule has 2 heterocycles. The van der Waals surface area contributed by atoms with Crippen LogP contribution in [-0.2, 0) is 6.54 Å². The van der Waals surface area contributed by atoms with Gasteiger partial charge in [-0.05, 0) is 18.6 Å². The lowest BCUT2D eigenvalue weighted by Gasteiger charge is -2.08. The quantitative estimate of drug-likeness (QED) is 0.704. The number of aromatic nitrogens is 4. The Morgan fingerprint density at radius 3 is 2.94 bits per heavy atom. The van der Waals surface area contributed by atoms with Gasteiger partial charge < -0.3 is 0 Å². The van der Waals surface area contributed by atoms with E-state index in [0.717, 1.165) is 18.4 Å². The van der Waals surface area contributed by atoms with Gasteiger partial charge in [0.25, 0.3) is 5.56 Å². The molecule has 0 amide bonds. The molecule has 0 fully saturated rings. The highest BCUT2D eigenvalue weighted by Gasteiger charge is 2.11. The average Bonchev–Trinajstić information content (AvgIpc) is 2.88. The summed E-state index contributed by atoms with van der Waals surface area (Å²) in [5.41, 5.74) is 0.822. The molecule has 3 rings (SSSR count). The third-order valence-corrected chi connectivity index (χ3v) is 3.11. The fraction of sp³-hybridized carbons (Fsp3) is 0.308. The first-order valence-corrected chi connectivity index (χ1v) is 6.14. The van der Waals surface area contributed by atoms with Crippen molar-refractivity contribution in [2.75, 3.05) is 0 Å². The topological polar surface area (TPSA) is 52.2 Å². The first-order valence-electron chi connectivity index (χ1n) is 6.14. The molecule has 0 spiro atoms. The normalized spacial score (nSPS) is 11.4. The zero-order chi connectivity index (χ0) is 12.5. The van der Waals surface area contributed by atoms with Gasteiger partial charge in [0.15, 0.2) is 0 Å². The maximum Gasteiger partial charge on any atom is 0.262 e. The molecule has 0 unspecified atom stereocenters. The van der Waals surface area contributed by atoms with E-state index in [1.807, 2.05) is 24.3 Å². The molecule has 92 valence electrons. The molecule has 3 aromatic rings. The van der Waals surface area contributed by atoms with Crippen LogP contribution in [0.5, 0.6) is 0 Å². The van der Waals surface area contributed by atoms with Crippen LogP contribution in [0.3, 0.4) is 0 Å². The lowest BCUT2D eigenvalue weighted by molar-refractivity contribution is 0.619. The van der Waals surface area contributed by atoms with Crippen LogP contribution in [0, 0.1) is 0 Å². The average molecular weight is 242 g/mol. The van der Waals surface area contributed by atoms with E-state index in [0.29, 0.717) is 17.7 Å². The van der Waals surface area contributed by atoms with E-state index in [9.17, 15) is 4.79 Å². The minimum Gasteiger partial charge on any atom is -0.276 e. The molecule has 2 aromatic heterocycles. The molecule has 0 aliphatic heterocycles. The van der Waals surface area contributed by atoms with Crippen molar-refractivity contribution in [2.24, 2.45) is 0 Å². The highest BCUT2D eigenvalue weighted by atomic mass is 16.1. The number of benzene rings is 1. The second-order valence-corrected chi connectivity index (χ2v) is 4.30. The summed E-state index contributed by atoms with van der Waals surface area (Å²) in [6.45, 7) is 2.79. The van der Waals surface area contributed by atoms with Gasteiger partial charge >= 0.3 is 0 Å². The van der Waals surface area contributed by atoms with Crippen LogP contribution < -0.4 is 5.56 Å². The van der Waals surface area contributed by atoms with Crippen LogP contribution in [-0.4, -0.2) is 19.2 Å². The van der Waals surface area contributed by atoms with Crippen molar-refractivity contribution in [1.82, 2.24) is 19.2 Å². The smallest absolute Gasteiger partial charge is 0.262 e. The number of fused-ring (bicyclic) bond motifs is 3. The number of aryl methyl sites for hydroxylation is 1. The van der Waals surface area contributed by atoms with E-state index in [1.54, 1.807) is 9.08 Å². The molecule has 5 nitrogen and oxygen atoms in total. The number of hydrogen-bond acceptors (Lipinski definition) is 3. The third-order valence-electron chi connectivity index (χ3n) is 3.11. The number of para-hydroxylation sites is 1. The van der Waals surface area contributed by atoms with Gasteiger partial charge in [0.1, 0.15) is 6.33 Å². The standard InChI is InChI=1S/C13H14N4O/c1-2-3-8-16-12(18)10-6-4-5-7-11(10)17-13(16)14-9-15-17/h4-7,9H,2-3,8H2,1H3. The van der Waals surface area contributed by atoms with Crippen molar-refractivity contribution in [2.45, 2.75) is 26.3 Å². The first-order chi connectivity index (χ1) is 8.83. The zero-order valence-electron chi connectivity index (χ0n) is 10.2. The van der Waals surface area contributed by atoms with E-state index in [2.05, 4.69) is 17.0 Å². The zero-order valence-corrected chi connectivity index (χ0v) is 10.2. The van der Waals surface area contributed by atoms with E-state index in [1.165, 1.54) is 6.33 Å². The molecule has 1 aromatic carbocycles. The lowest BCUT2D eigenvalue weighted by Crippen LogP contribution is -2.23. The predicted octanol–water partition coefficient (Wildman–Crippen LogP) is 1.84. The Morgan fingerprint density at radius 1 is 1.28 bits per heavy atom. The van der Waals surface area contributed by atoms with E-state index >= 15 is 0 Å². The van der Waals surface area contributed by atoms with Crippen LogP contribution in [0.2, 0.25) is 0 Å². The Labute approximate surface area is 104 Å². The van der Waals surface area contributed by atoms with Gasteiger partial charge in [0.05, 0.1) is 10.9 Å². The van der Waals surface area contributed by atoms with Gasteiger partial charge in [-0.1, -0.05) is 25.5 Å². The Kier molecular flexibility index (Phi) is 2.59. The van der Waals surface area contributed by atoms with Crippen LogP contribution >= 0.6 is 0 Å². The molecule has 5 heteroatoms. The second-order valence-electron chi connectivity index (χ2n) is 4.30. The van der Waals surface area contributed by atoms with Gasteiger partial charge in [-0.25, -0.2) is 0 Å². The molecule has 0 N–H and O–H groups in total. The van der Waals surface area contributed by atoms with Crippen molar-refractivity contribution in [1.29, 1.82) is 0 Å². The molecule has 0 bridgehead atoms. The largest absolute Gasteiger partial charge is 0.276 e. The fourth-order valence-electron chi connectivity index (χ4n) is 2.18. The van der Waals surface area contributed by atoms with Crippen molar-refractivity contribution in [3.63, 3.8) is 0 Å². The Balaban J connectivity index is 2.41. The molecule has 0 aliphatic carbocycles. The van der Waals surface area contributed by atoms with Crippen molar-refractivity contribution in [3.05, 3.63) is 40.9 Å². The van der Waals surface area contributed by atoms with Crippen molar-refractivity contribution in [3.8, 4) is 0 Å². The number of unbranched alkanes of at least 4 members (excludes halogenated alkanes) is 1. The predicted molar refractivity (Wildman–Crippen MR) is 69.7 cm³/mol. The first kappa shape index (κ1) is 11.0. The summed E-state index contributed by atoms with van der Waals surface area (Å²) >= 11 is 0. The maximum atomic E-state index is 12.4. The number of rotatable bonds is 3. The van der Waals surface area contributed by atoms with Crippen molar-refractivity contribution >= 4 is 16.7 Å². The molecule has 0 saturated carbocycles. The Bertz CT molecular complexity index is 756. The minimum absolute atomic E-state index is 0.0135. The van der Waals surface area contributed by atoms with Crippen LogP contribution in [0.25, 0.3) is 16.7 Å². The monoisotopic (exact) mass is 242 g/mol. The summed E-state index contributed by atoms with van der Waals surface area (Å²) in [6, 6.07) is 7.50. The second kappa shape index (κ2) is 4.25. The molecule has 0 aliphatic rings. The molecular formula is C13H14N4O. The summed E-state index contributed by atoms with van der Waals surface area (Å²) < 4.78 is 3.44. The van der Waals surface area contributed by atoms with Gasteiger partial charge in [-0.2, -0.15) is 14.6 Å². The summed E-state index contributed by atoms with van der Waals surface area (Å²) in [7, 11) is 0. The van der Waals surface area contributed by atoms with Crippen LogP contribution in [0.1, 0.15) is 19.8 Å². The maximum absolute atomic E-state index is 12.4. The van der Waals surface area contributed by atoms with E-state index in [4.69, 9.17) is 0 Å². The minimum atomic E-state index is 0.0135. The van der Waals surface area contributed by atoms with E-state index < -0.39 is 0 Å². The summed E-state index contributed by atoms with van der Waals surface area (Å²) in [5, 5.41) is 4.89. The number of hydrogen-bond donors (Lipinski definition) is 0. The third kappa shape index (κ3) is 1.51. The highest BCUT2D eigenvalue weighted by Crippen LogP contribution is 2.11. The van der Waals surface area contributed by atoms with Gasteiger partial charge in [0, 0.05) is 6.54 Å². The van der Waals surface area contributed by atoms with Gasteiger partial charge in [-0.3, -0.25) is 9.36 Å². The number of nitrogens with zero attached hydrogens (tertiary/aromatic N) is 4. The van der Waals surface area contributed by atoms with E-state index in [-0.39, 0.29) is 5.56 Å². The summed E-state index contributed by atoms with van der Waals surface area (Å²) in [4.78, 5) is 16.6. The fourth-order valence-corrected chi connectivity index (χ4v) is 2.18. The van der Waals surface area contributed by atoms with Crippen molar-refractivity contribution < 1.29 is 0 Å². The molecular weight excluding hydrogens is 228 g/mol. The molecule has 0 atom stereocenters. The highest BCUT2D eigenvalue weighted by molar-refractivity contribution is 5.79. The SMILES string of the molecule is CCCCn1c(=O)c2ccccc2n2ncnc12. The molecule has 0 saturated heterocycles. The molecule has 18 heavy (non-hydrogen) atoms. The lowest BCUT2D eigenvalue weighted by atomic mass is 10.2. The van der Waals surface area contributed by atoms with Gasteiger partial charge in [0.2, 0.25) is 5.78 Å².